The van der Waals surface area contributed by atoms with Crippen LogP contribution in [0, 0.1) is 0 Å². The van der Waals surface area contributed by atoms with Crippen LogP contribution in [-0.4, -0.2) is 5.37 Å². The van der Waals surface area contributed by atoms with Gasteiger partial charge >= 0.3 is 0 Å². The molecule has 0 aliphatic rings. The second-order valence-electron chi connectivity index (χ2n) is 3.12. The quantitative estimate of drug-likeness (QED) is 0.583. The van der Waals surface area contributed by atoms with Crippen molar-refractivity contribution in [3.8, 4) is 0 Å². The molecule has 0 saturated carbocycles. The Kier molecular flexibility index (Phi) is 4.10. The van der Waals surface area contributed by atoms with Gasteiger partial charge in [0.15, 0.2) is 0 Å². The summed E-state index contributed by atoms with van der Waals surface area (Å²) >= 11 is 10.1. The molecule has 72 valence electrons. The molecule has 0 spiro atoms. The lowest BCUT2D eigenvalue weighted by Gasteiger charge is -2.16. The van der Waals surface area contributed by atoms with Crippen LogP contribution in [0.1, 0.15) is 25.5 Å². The zero-order valence-electron chi connectivity index (χ0n) is 7.79. The first-order valence-electron chi connectivity index (χ1n) is 4.29. The fourth-order valence-corrected chi connectivity index (χ4v) is 1.66. The summed E-state index contributed by atoms with van der Waals surface area (Å²) in [6, 6.07) is 8.14. The standard InChI is InChI=1S/C10H14ClNS/c1-7(12-8(2)13)9-4-3-5-10(11)6-9/h3-8,12-13H,1-2H3. The largest absolute Gasteiger partial charge is 0.299 e. The molecule has 0 bridgehead atoms. The summed E-state index contributed by atoms with van der Waals surface area (Å²) in [6.07, 6.45) is 0. The first-order chi connectivity index (χ1) is 6.09. The Morgan fingerprint density at radius 1 is 1.38 bits per heavy atom. The molecule has 0 amide bonds. The second-order valence-corrected chi connectivity index (χ2v) is 4.33. The van der Waals surface area contributed by atoms with E-state index in [1.54, 1.807) is 0 Å². The van der Waals surface area contributed by atoms with E-state index in [9.17, 15) is 0 Å². The molecular formula is C10H14ClNS. The van der Waals surface area contributed by atoms with Crippen LogP contribution < -0.4 is 5.32 Å². The van der Waals surface area contributed by atoms with Crippen molar-refractivity contribution in [1.82, 2.24) is 5.32 Å². The summed E-state index contributed by atoms with van der Waals surface area (Å²) in [4.78, 5) is 0. The fraction of sp³-hybridized carbons (Fsp3) is 0.400. The molecule has 1 aromatic carbocycles. The maximum Gasteiger partial charge on any atom is 0.0478 e. The van der Waals surface area contributed by atoms with Crippen LogP contribution in [0.3, 0.4) is 0 Å². The van der Waals surface area contributed by atoms with Gasteiger partial charge in [-0.1, -0.05) is 23.7 Å². The van der Waals surface area contributed by atoms with Gasteiger partial charge in [0.25, 0.3) is 0 Å². The van der Waals surface area contributed by atoms with E-state index in [0.717, 1.165) is 5.02 Å². The van der Waals surface area contributed by atoms with Gasteiger partial charge in [-0.25, -0.2) is 0 Å². The molecule has 0 saturated heterocycles. The Morgan fingerprint density at radius 3 is 2.62 bits per heavy atom. The lowest BCUT2D eigenvalue weighted by Crippen LogP contribution is -2.24. The Labute approximate surface area is 89.9 Å². The van der Waals surface area contributed by atoms with E-state index < -0.39 is 0 Å². The lowest BCUT2D eigenvalue weighted by molar-refractivity contribution is 0.575. The van der Waals surface area contributed by atoms with Gasteiger partial charge in [-0.2, -0.15) is 12.6 Å². The summed E-state index contributed by atoms with van der Waals surface area (Å²) in [5, 5.41) is 4.26. The Bertz CT molecular complexity index is 275. The van der Waals surface area contributed by atoms with Crippen molar-refractivity contribution in [1.29, 1.82) is 0 Å². The van der Waals surface area contributed by atoms with Crippen LogP contribution in [0.4, 0.5) is 0 Å². The minimum absolute atomic E-state index is 0.189. The molecule has 1 aromatic rings. The Hall–Kier alpha value is -0.180. The summed E-state index contributed by atoms with van der Waals surface area (Å²) in [6.45, 7) is 4.10. The predicted octanol–water partition coefficient (Wildman–Crippen LogP) is 3.27. The van der Waals surface area contributed by atoms with E-state index in [0.29, 0.717) is 0 Å². The van der Waals surface area contributed by atoms with Crippen molar-refractivity contribution in [2.45, 2.75) is 25.3 Å². The predicted molar refractivity (Wildman–Crippen MR) is 61.5 cm³/mol. The number of hydrogen-bond donors (Lipinski definition) is 2. The van der Waals surface area contributed by atoms with Crippen molar-refractivity contribution in [3.05, 3.63) is 34.9 Å². The lowest BCUT2D eigenvalue weighted by atomic mass is 10.1. The zero-order chi connectivity index (χ0) is 9.84. The van der Waals surface area contributed by atoms with Gasteiger partial charge in [0, 0.05) is 16.4 Å². The molecule has 0 heterocycles. The maximum atomic E-state index is 5.88. The van der Waals surface area contributed by atoms with Crippen molar-refractivity contribution in [3.63, 3.8) is 0 Å². The monoisotopic (exact) mass is 215 g/mol. The highest BCUT2D eigenvalue weighted by molar-refractivity contribution is 7.80. The molecule has 0 aliphatic heterocycles. The molecule has 1 N–H and O–H groups in total. The highest BCUT2D eigenvalue weighted by Gasteiger charge is 2.06. The summed E-state index contributed by atoms with van der Waals surface area (Å²) in [5.74, 6) is 0. The second kappa shape index (κ2) is 4.89. The molecule has 1 rings (SSSR count). The minimum atomic E-state index is 0.189. The third-order valence-electron chi connectivity index (χ3n) is 1.84. The van der Waals surface area contributed by atoms with E-state index >= 15 is 0 Å². The highest BCUT2D eigenvalue weighted by atomic mass is 35.5. The van der Waals surface area contributed by atoms with Crippen LogP contribution in [0.5, 0.6) is 0 Å². The first-order valence-corrected chi connectivity index (χ1v) is 5.18. The summed E-state index contributed by atoms with van der Waals surface area (Å²) in [7, 11) is 0. The number of rotatable bonds is 3. The van der Waals surface area contributed by atoms with Crippen LogP contribution in [-0.2, 0) is 0 Å². The average molecular weight is 216 g/mol. The van der Waals surface area contributed by atoms with Crippen LogP contribution >= 0.6 is 24.2 Å². The van der Waals surface area contributed by atoms with E-state index in [1.807, 2.05) is 25.1 Å². The van der Waals surface area contributed by atoms with Gasteiger partial charge in [-0.05, 0) is 31.5 Å². The fourth-order valence-electron chi connectivity index (χ4n) is 1.23. The van der Waals surface area contributed by atoms with Crippen LogP contribution in [0.15, 0.2) is 24.3 Å². The normalized spacial score (nSPS) is 15.4. The van der Waals surface area contributed by atoms with Gasteiger partial charge in [-0.3, -0.25) is 5.32 Å². The number of nitrogens with one attached hydrogen (secondary N) is 1. The number of benzene rings is 1. The Balaban J connectivity index is 2.71. The molecule has 2 atom stereocenters. The molecular weight excluding hydrogens is 202 g/mol. The van der Waals surface area contributed by atoms with E-state index in [1.165, 1.54) is 5.56 Å². The third kappa shape index (κ3) is 3.59. The van der Waals surface area contributed by atoms with Gasteiger partial charge in [0.2, 0.25) is 0 Å². The third-order valence-corrected chi connectivity index (χ3v) is 2.22. The van der Waals surface area contributed by atoms with Crippen molar-refractivity contribution < 1.29 is 0 Å². The molecule has 3 heteroatoms. The van der Waals surface area contributed by atoms with Crippen molar-refractivity contribution >= 4 is 24.2 Å². The minimum Gasteiger partial charge on any atom is -0.299 e. The molecule has 13 heavy (non-hydrogen) atoms. The number of halogens is 1. The maximum absolute atomic E-state index is 5.88. The average Bonchev–Trinajstić information content (AvgIpc) is 2.03. The van der Waals surface area contributed by atoms with Gasteiger partial charge < -0.3 is 0 Å². The Morgan fingerprint density at radius 2 is 2.08 bits per heavy atom. The van der Waals surface area contributed by atoms with Gasteiger partial charge in [-0.15, -0.1) is 0 Å². The first kappa shape index (κ1) is 10.9. The topological polar surface area (TPSA) is 12.0 Å². The molecule has 0 radical (unpaired) electrons. The van der Waals surface area contributed by atoms with E-state index in [-0.39, 0.29) is 11.4 Å². The number of hydrogen-bond acceptors (Lipinski definition) is 2. The molecule has 0 aromatic heterocycles. The van der Waals surface area contributed by atoms with Crippen LogP contribution in [0.2, 0.25) is 5.02 Å². The zero-order valence-corrected chi connectivity index (χ0v) is 9.44. The summed E-state index contributed by atoms with van der Waals surface area (Å²) in [5.41, 5.74) is 1.19. The van der Waals surface area contributed by atoms with Crippen molar-refractivity contribution in [2.75, 3.05) is 0 Å². The van der Waals surface area contributed by atoms with E-state index in [2.05, 4.69) is 30.9 Å². The smallest absolute Gasteiger partial charge is 0.0478 e. The molecule has 0 aliphatic carbocycles. The number of thiol groups is 1. The van der Waals surface area contributed by atoms with E-state index in [4.69, 9.17) is 11.6 Å². The molecule has 1 nitrogen and oxygen atoms in total. The van der Waals surface area contributed by atoms with Crippen LogP contribution in [0.25, 0.3) is 0 Å². The molecule has 2 unspecified atom stereocenters. The SMILES string of the molecule is CC(S)NC(C)c1cccc(Cl)c1. The van der Waals surface area contributed by atoms with Gasteiger partial charge in [0.05, 0.1) is 0 Å². The van der Waals surface area contributed by atoms with Gasteiger partial charge in [0.1, 0.15) is 0 Å². The molecule has 0 fully saturated rings. The van der Waals surface area contributed by atoms with Crippen molar-refractivity contribution in [2.24, 2.45) is 0 Å². The highest BCUT2D eigenvalue weighted by Crippen LogP contribution is 2.17. The summed E-state index contributed by atoms with van der Waals surface area (Å²) < 4.78 is 0.